The van der Waals surface area contributed by atoms with Crippen LogP contribution >= 0.6 is 0 Å². The Morgan fingerprint density at radius 1 is 1.08 bits per heavy atom. The number of nitrogens with zero attached hydrogens (tertiary/aromatic N) is 1. The molecular weight excluding hydrogens is 350 g/mol. The Morgan fingerprint density at radius 2 is 1.64 bits per heavy atom. The summed E-state index contributed by atoms with van der Waals surface area (Å²) < 4.78 is 52.5. The molecule has 1 amide bonds. The monoisotopic (exact) mass is 376 g/mol. The molecule has 0 aliphatic carbocycles. The average Bonchev–Trinajstić information content (AvgIpc) is 2.48. The number of rotatable bonds is 9. The summed E-state index contributed by atoms with van der Waals surface area (Å²) in [5.74, 6) is -1.88. The van der Waals surface area contributed by atoms with Crippen molar-refractivity contribution in [3.05, 3.63) is 29.8 Å². The van der Waals surface area contributed by atoms with Crippen LogP contribution in [0.3, 0.4) is 0 Å². The van der Waals surface area contributed by atoms with E-state index in [-0.39, 0.29) is 23.8 Å². The van der Waals surface area contributed by atoms with Crippen molar-refractivity contribution in [2.45, 2.75) is 39.0 Å². The molecule has 1 aromatic carbocycles. The molecule has 1 aromatic rings. The van der Waals surface area contributed by atoms with Gasteiger partial charge in [-0.3, -0.25) is 4.79 Å². The van der Waals surface area contributed by atoms with Crippen molar-refractivity contribution in [2.75, 3.05) is 19.6 Å². The van der Waals surface area contributed by atoms with Gasteiger partial charge in [-0.1, -0.05) is 27.7 Å². The van der Waals surface area contributed by atoms with Crippen LogP contribution in [0.5, 0.6) is 0 Å². The summed E-state index contributed by atoms with van der Waals surface area (Å²) in [6, 6.07) is 2.35. The van der Waals surface area contributed by atoms with E-state index < -0.39 is 21.7 Å². The Bertz CT molecular complexity index is 681. The highest BCUT2D eigenvalue weighted by Gasteiger charge is 2.19. The highest BCUT2D eigenvalue weighted by molar-refractivity contribution is 7.89. The van der Waals surface area contributed by atoms with Gasteiger partial charge in [0, 0.05) is 26.1 Å². The van der Waals surface area contributed by atoms with Crippen LogP contribution in [0.2, 0.25) is 0 Å². The first-order valence-electron chi connectivity index (χ1n) is 8.25. The summed E-state index contributed by atoms with van der Waals surface area (Å²) in [4.78, 5) is 13.7. The summed E-state index contributed by atoms with van der Waals surface area (Å²) in [6.07, 6.45) is 0.00233. The molecule has 0 aliphatic heterocycles. The third-order valence-electron chi connectivity index (χ3n) is 3.36. The van der Waals surface area contributed by atoms with Gasteiger partial charge >= 0.3 is 0 Å². The minimum atomic E-state index is -3.99. The van der Waals surface area contributed by atoms with Crippen LogP contribution in [0, 0.1) is 23.5 Å². The molecule has 25 heavy (non-hydrogen) atoms. The van der Waals surface area contributed by atoms with Gasteiger partial charge in [-0.05, 0) is 30.0 Å². The van der Waals surface area contributed by atoms with Gasteiger partial charge in [0.2, 0.25) is 15.9 Å². The van der Waals surface area contributed by atoms with Crippen LogP contribution in [0.15, 0.2) is 23.1 Å². The number of carbonyl (C=O) groups excluding carboxylic acids is 1. The maximum atomic E-state index is 13.2. The van der Waals surface area contributed by atoms with Gasteiger partial charge in [0.1, 0.15) is 0 Å². The fraction of sp³-hybridized carbons (Fsp3) is 0.588. The number of hydrogen-bond donors (Lipinski definition) is 1. The summed E-state index contributed by atoms with van der Waals surface area (Å²) in [6.45, 7) is 9.13. The largest absolute Gasteiger partial charge is 0.342 e. The molecular formula is C17H26F2N2O3S. The predicted molar refractivity (Wildman–Crippen MR) is 92.4 cm³/mol. The Hall–Kier alpha value is -1.54. The van der Waals surface area contributed by atoms with E-state index in [1.165, 1.54) is 0 Å². The molecule has 0 radical (unpaired) electrons. The molecule has 0 spiro atoms. The van der Waals surface area contributed by atoms with Crippen molar-refractivity contribution in [1.29, 1.82) is 0 Å². The SMILES string of the molecule is CC(C)CN(CC(C)C)C(=O)CCNS(=O)(=O)c1ccc(F)c(F)c1. The minimum absolute atomic E-state index is 0.00233. The van der Waals surface area contributed by atoms with Gasteiger partial charge in [-0.2, -0.15) is 0 Å². The zero-order chi connectivity index (χ0) is 19.2. The highest BCUT2D eigenvalue weighted by atomic mass is 32.2. The first-order valence-corrected chi connectivity index (χ1v) is 9.73. The summed E-state index contributed by atoms with van der Waals surface area (Å²) in [7, 11) is -3.99. The molecule has 0 bridgehead atoms. The van der Waals surface area contributed by atoms with Crippen LogP contribution in [-0.4, -0.2) is 38.9 Å². The van der Waals surface area contributed by atoms with Crippen molar-refractivity contribution >= 4 is 15.9 Å². The molecule has 0 aromatic heterocycles. The first-order chi connectivity index (χ1) is 11.5. The van der Waals surface area contributed by atoms with E-state index in [9.17, 15) is 22.0 Å². The average molecular weight is 376 g/mol. The molecule has 1 N–H and O–H groups in total. The molecule has 142 valence electrons. The summed E-state index contributed by atoms with van der Waals surface area (Å²) in [5.41, 5.74) is 0. The van der Waals surface area contributed by atoms with Crippen LogP contribution in [0.25, 0.3) is 0 Å². The molecule has 0 unspecified atom stereocenters. The number of halogens is 2. The molecule has 0 fully saturated rings. The number of amides is 1. The second-order valence-corrected chi connectivity index (χ2v) is 8.58. The molecule has 5 nitrogen and oxygen atoms in total. The number of benzene rings is 1. The quantitative estimate of drug-likeness (QED) is 0.721. The summed E-state index contributed by atoms with van der Waals surface area (Å²) >= 11 is 0. The lowest BCUT2D eigenvalue weighted by molar-refractivity contribution is -0.132. The topological polar surface area (TPSA) is 66.5 Å². The lowest BCUT2D eigenvalue weighted by atomic mass is 10.1. The number of carbonyl (C=O) groups is 1. The zero-order valence-electron chi connectivity index (χ0n) is 15.1. The fourth-order valence-corrected chi connectivity index (χ4v) is 3.38. The molecule has 1 rings (SSSR count). The van der Waals surface area contributed by atoms with Gasteiger partial charge < -0.3 is 4.90 Å². The van der Waals surface area contributed by atoms with E-state index in [4.69, 9.17) is 0 Å². The zero-order valence-corrected chi connectivity index (χ0v) is 15.9. The van der Waals surface area contributed by atoms with Crippen LogP contribution < -0.4 is 4.72 Å². The molecule has 0 heterocycles. The molecule has 0 saturated heterocycles. The van der Waals surface area contributed by atoms with Gasteiger partial charge in [-0.15, -0.1) is 0 Å². The predicted octanol–water partition coefficient (Wildman–Crippen LogP) is 2.77. The van der Waals surface area contributed by atoms with E-state index in [0.717, 1.165) is 12.1 Å². The van der Waals surface area contributed by atoms with Gasteiger partial charge in [0.05, 0.1) is 4.90 Å². The standard InChI is InChI=1S/C17H26F2N2O3S/c1-12(2)10-21(11-13(3)4)17(22)7-8-20-25(23,24)14-5-6-15(18)16(19)9-14/h5-6,9,12-13,20H,7-8,10-11H2,1-4H3. The number of sulfonamides is 1. The van der Waals surface area contributed by atoms with Crippen LogP contribution in [-0.2, 0) is 14.8 Å². The molecule has 0 atom stereocenters. The van der Waals surface area contributed by atoms with Crippen molar-refractivity contribution < 1.29 is 22.0 Å². The van der Waals surface area contributed by atoms with Crippen molar-refractivity contribution in [3.63, 3.8) is 0 Å². The van der Waals surface area contributed by atoms with Crippen LogP contribution in [0.4, 0.5) is 8.78 Å². The molecule has 8 heteroatoms. The third-order valence-corrected chi connectivity index (χ3v) is 4.81. The highest BCUT2D eigenvalue weighted by Crippen LogP contribution is 2.13. The lowest BCUT2D eigenvalue weighted by Crippen LogP contribution is -2.39. The van der Waals surface area contributed by atoms with Crippen molar-refractivity contribution in [2.24, 2.45) is 11.8 Å². The van der Waals surface area contributed by atoms with Gasteiger partial charge in [0.15, 0.2) is 11.6 Å². The summed E-state index contributed by atoms with van der Waals surface area (Å²) in [5, 5.41) is 0. The fourth-order valence-electron chi connectivity index (χ4n) is 2.34. The van der Waals surface area contributed by atoms with Crippen molar-refractivity contribution in [3.8, 4) is 0 Å². The Labute approximate surface area is 148 Å². The van der Waals surface area contributed by atoms with E-state index in [0.29, 0.717) is 31.0 Å². The second-order valence-electron chi connectivity index (χ2n) is 6.81. The lowest BCUT2D eigenvalue weighted by Gasteiger charge is -2.26. The van der Waals surface area contributed by atoms with E-state index in [1.807, 2.05) is 27.7 Å². The maximum Gasteiger partial charge on any atom is 0.240 e. The molecule has 0 saturated carbocycles. The normalized spacial score (nSPS) is 12.0. The second kappa shape index (κ2) is 9.24. The maximum absolute atomic E-state index is 13.2. The van der Waals surface area contributed by atoms with Crippen LogP contribution in [0.1, 0.15) is 34.1 Å². The van der Waals surface area contributed by atoms with E-state index in [2.05, 4.69) is 4.72 Å². The Morgan fingerprint density at radius 3 is 2.12 bits per heavy atom. The van der Waals surface area contributed by atoms with E-state index >= 15 is 0 Å². The number of nitrogens with one attached hydrogen (secondary N) is 1. The third kappa shape index (κ3) is 7.07. The van der Waals surface area contributed by atoms with E-state index in [1.54, 1.807) is 4.90 Å². The minimum Gasteiger partial charge on any atom is -0.342 e. The smallest absolute Gasteiger partial charge is 0.240 e. The molecule has 0 aliphatic rings. The first kappa shape index (κ1) is 21.5. The van der Waals surface area contributed by atoms with Crippen molar-refractivity contribution in [1.82, 2.24) is 9.62 Å². The Kier molecular flexibility index (Phi) is 7.95. The van der Waals surface area contributed by atoms with Gasteiger partial charge in [-0.25, -0.2) is 21.9 Å². The Balaban J connectivity index is 2.66. The number of hydrogen-bond acceptors (Lipinski definition) is 3. The van der Waals surface area contributed by atoms with Gasteiger partial charge in [0.25, 0.3) is 0 Å².